The Morgan fingerprint density at radius 2 is 1.75 bits per heavy atom. The van der Waals surface area contributed by atoms with Gasteiger partial charge in [-0.25, -0.2) is 4.79 Å². The zero-order valence-corrected chi connectivity index (χ0v) is 18.0. The number of likely N-dealkylation sites (tertiary alicyclic amines) is 2. The van der Waals surface area contributed by atoms with E-state index >= 15 is 0 Å². The number of nitrogens with zero attached hydrogens (tertiary/aromatic N) is 4. The predicted molar refractivity (Wildman–Crippen MR) is 108 cm³/mol. The molecule has 8 nitrogen and oxygen atoms in total. The molecule has 3 fully saturated rings. The SMILES string of the molecule is CC.CN(C)C(=O)N1C[C@H]2CC(NCC(=O)N3CCCC3C#N)C[C@H]2C1.CO. The van der Waals surface area contributed by atoms with E-state index in [2.05, 4.69) is 11.4 Å². The number of aliphatic hydroxyl groups excluding tert-OH is 1. The Kier molecular flexibility index (Phi) is 10.3. The number of amides is 3. The summed E-state index contributed by atoms with van der Waals surface area (Å²) in [5.41, 5.74) is 0. The lowest BCUT2D eigenvalue weighted by Gasteiger charge is -2.24. The summed E-state index contributed by atoms with van der Waals surface area (Å²) in [6, 6.07) is 2.42. The highest BCUT2D eigenvalue weighted by Crippen LogP contribution is 2.38. The van der Waals surface area contributed by atoms with Gasteiger partial charge in [0.05, 0.1) is 12.6 Å². The van der Waals surface area contributed by atoms with E-state index in [1.54, 1.807) is 23.9 Å². The van der Waals surface area contributed by atoms with E-state index in [0.29, 0.717) is 31.0 Å². The summed E-state index contributed by atoms with van der Waals surface area (Å²) in [5, 5.41) is 19.5. The molecule has 2 saturated heterocycles. The van der Waals surface area contributed by atoms with Crippen molar-refractivity contribution in [2.45, 2.75) is 51.6 Å². The molecular formula is C20H37N5O3. The highest BCUT2D eigenvalue weighted by molar-refractivity contribution is 5.79. The van der Waals surface area contributed by atoms with Crippen molar-refractivity contribution < 1.29 is 14.7 Å². The first-order chi connectivity index (χ1) is 13.5. The molecule has 28 heavy (non-hydrogen) atoms. The first kappa shape index (κ1) is 24.2. The van der Waals surface area contributed by atoms with Crippen molar-refractivity contribution in [1.82, 2.24) is 20.0 Å². The van der Waals surface area contributed by atoms with Gasteiger partial charge in [0.2, 0.25) is 5.91 Å². The van der Waals surface area contributed by atoms with Crippen molar-refractivity contribution in [3.8, 4) is 6.07 Å². The van der Waals surface area contributed by atoms with Crippen LogP contribution < -0.4 is 5.32 Å². The molecule has 2 unspecified atom stereocenters. The molecule has 4 atom stereocenters. The minimum absolute atomic E-state index is 0.0421. The maximum atomic E-state index is 12.3. The Morgan fingerprint density at radius 1 is 1.18 bits per heavy atom. The van der Waals surface area contributed by atoms with Crippen molar-refractivity contribution in [3.63, 3.8) is 0 Å². The number of nitriles is 1. The normalized spacial score (nSPS) is 27.8. The average molecular weight is 396 g/mol. The van der Waals surface area contributed by atoms with Crippen LogP contribution in [0.5, 0.6) is 0 Å². The maximum Gasteiger partial charge on any atom is 0.319 e. The summed E-state index contributed by atoms with van der Waals surface area (Å²) in [5.74, 6) is 1.13. The quantitative estimate of drug-likeness (QED) is 0.746. The van der Waals surface area contributed by atoms with Gasteiger partial charge in [-0.05, 0) is 37.5 Å². The molecule has 160 valence electrons. The molecule has 0 radical (unpaired) electrons. The number of carbonyl (C=O) groups is 2. The lowest BCUT2D eigenvalue weighted by molar-refractivity contribution is -0.130. The minimum atomic E-state index is -0.243. The standard InChI is InChI=1S/C17H27N5O2.C2H6.CH4O/c1-20(2)17(24)21-10-12-6-14(7-13(12)11-21)19-9-16(23)22-5-3-4-15(22)8-18;2*1-2/h12-15,19H,3-7,9-11H2,1-2H3;1-2H3;2H,1H3/t12-,13+,14?,15?;;. The summed E-state index contributed by atoms with van der Waals surface area (Å²) >= 11 is 0. The van der Waals surface area contributed by atoms with Gasteiger partial charge >= 0.3 is 6.03 Å². The zero-order valence-electron chi connectivity index (χ0n) is 18.0. The number of carbonyl (C=O) groups excluding carboxylic acids is 2. The maximum absolute atomic E-state index is 12.3. The smallest absolute Gasteiger partial charge is 0.319 e. The molecule has 3 amide bonds. The number of fused-ring (bicyclic) bond motifs is 1. The molecule has 0 aromatic carbocycles. The second-order valence-electron chi connectivity index (χ2n) is 7.53. The fourth-order valence-electron chi connectivity index (χ4n) is 4.44. The van der Waals surface area contributed by atoms with Gasteiger partial charge in [0, 0.05) is 46.9 Å². The Bertz CT molecular complexity index is 534. The van der Waals surface area contributed by atoms with Crippen molar-refractivity contribution in [2.75, 3.05) is 47.4 Å². The Morgan fingerprint density at radius 3 is 2.25 bits per heavy atom. The highest BCUT2D eigenvalue weighted by Gasteiger charge is 2.42. The molecular weight excluding hydrogens is 358 g/mol. The second-order valence-corrected chi connectivity index (χ2v) is 7.53. The first-order valence-corrected chi connectivity index (χ1v) is 10.3. The van der Waals surface area contributed by atoms with Gasteiger partial charge < -0.3 is 25.1 Å². The van der Waals surface area contributed by atoms with E-state index in [-0.39, 0.29) is 18.0 Å². The highest BCUT2D eigenvalue weighted by atomic mass is 16.2. The zero-order chi connectivity index (χ0) is 21.3. The van der Waals surface area contributed by atoms with Crippen LogP contribution in [0.3, 0.4) is 0 Å². The molecule has 0 aromatic heterocycles. The number of rotatable bonds is 3. The number of urea groups is 1. The number of nitrogens with one attached hydrogen (secondary N) is 1. The van der Waals surface area contributed by atoms with Crippen molar-refractivity contribution in [3.05, 3.63) is 0 Å². The summed E-state index contributed by atoms with van der Waals surface area (Å²) < 4.78 is 0. The van der Waals surface area contributed by atoms with Crippen molar-refractivity contribution in [1.29, 1.82) is 5.26 Å². The van der Waals surface area contributed by atoms with Crippen LogP contribution in [0.1, 0.15) is 39.5 Å². The lowest BCUT2D eigenvalue weighted by atomic mass is 10.0. The van der Waals surface area contributed by atoms with Crippen LogP contribution in [-0.2, 0) is 4.79 Å². The van der Waals surface area contributed by atoms with E-state index in [4.69, 9.17) is 10.4 Å². The third-order valence-corrected chi connectivity index (χ3v) is 5.67. The van der Waals surface area contributed by atoms with Gasteiger partial charge in [-0.2, -0.15) is 5.26 Å². The van der Waals surface area contributed by atoms with E-state index < -0.39 is 0 Å². The topological polar surface area (TPSA) is 99.9 Å². The molecule has 2 aliphatic heterocycles. The van der Waals surface area contributed by atoms with Crippen LogP contribution in [0.2, 0.25) is 0 Å². The average Bonchev–Trinajstić information content (AvgIpc) is 3.42. The van der Waals surface area contributed by atoms with Gasteiger partial charge in [-0.1, -0.05) is 13.8 Å². The van der Waals surface area contributed by atoms with Gasteiger partial charge in [0.1, 0.15) is 6.04 Å². The summed E-state index contributed by atoms with van der Waals surface area (Å²) in [7, 11) is 4.58. The molecule has 0 aromatic rings. The third kappa shape index (κ3) is 5.82. The van der Waals surface area contributed by atoms with Crippen LogP contribution in [0.4, 0.5) is 4.79 Å². The molecule has 2 heterocycles. The lowest BCUT2D eigenvalue weighted by Crippen LogP contribution is -2.43. The van der Waals surface area contributed by atoms with Crippen molar-refractivity contribution in [2.24, 2.45) is 11.8 Å². The number of hydrogen-bond donors (Lipinski definition) is 2. The largest absolute Gasteiger partial charge is 0.400 e. The molecule has 0 spiro atoms. The van der Waals surface area contributed by atoms with E-state index in [1.165, 1.54) is 0 Å². The van der Waals surface area contributed by atoms with E-state index in [0.717, 1.165) is 45.9 Å². The Balaban J connectivity index is 0.000000921. The number of aliphatic hydroxyl groups is 1. The Hall–Kier alpha value is -1.85. The molecule has 3 aliphatic rings. The third-order valence-electron chi connectivity index (χ3n) is 5.67. The van der Waals surface area contributed by atoms with Crippen LogP contribution >= 0.6 is 0 Å². The molecule has 1 saturated carbocycles. The summed E-state index contributed by atoms with van der Waals surface area (Å²) in [4.78, 5) is 29.6. The molecule has 1 aliphatic carbocycles. The van der Waals surface area contributed by atoms with Gasteiger partial charge in [0.15, 0.2) is 0 Å². The van der Waals surface area contributed by atoms with Crippen LogP contribution in [-0.4, -0.2) is 91.2 Å². The van der Waals surface area contributed by atoms with Gasteiger partial charge in [0.25, 0.3) is 0 Å². The molecule has 3 rings (SSSR count). The first-order valence-electron chi connectivity index (χ1n) is 10.3. The fraction of sp³-hybridized carbons (Fsp3) is 0.850. The van der Waals surface area contributed by atoms with Crippen molar-refractivity contribution >= 4 is 11.9 Å². The van der Waals surface area contributed by atoms with E-state index in [1.807, 2.05) is 18.7 Å². The van der Waals surface area contributed by atoms with Crippen LogP contribution in [0, 0.1) is 23.2 Å². The monoisotopic (exact) mass is 395 g/mol. The van der Waals surface area contributed by atoms with E-state index in [9.17, 15) is 9.59 Å². The Labute approximate surface area is 169 Å². The van der Waals surface area contributed by atoms with Gasteiger partial charge in [-0.3, -0.25) is 4.79 Å². The predicted octanol–water partition coefficient (Wildman–Crippen LogP) is 1.12. The van der Waals surface area contributed by atoms with Crippen LogP contribution in [0.25, 0.3) is 0 Å². The molecule has 0 bridgehead atoms. The molecule has 2 N–H and O–H groups in total. The van der Waals surface area contributed by atoms with Crippen LogP contribution in [0.15, 0.2) is 0 Å². The minimum Gasteiger partial charge on any atom is -0.400 e. The second kappa shape index (κ2) is 11.9. The summed E-state index contributed by atoms with van der Waals surface area (Å²) in [6.07, 6.45) is 3.77. The fourth-order valence-corrected chi connectivity index (χ4v) is 4.44. The number of hydrogen-bond acceptors (Lipinski definition) is 5. The molecule has 8 heteroatoms. The summed E-state index contributed by atoms with van der Waals surface area (Å²) in [6.45, 7) is 6.69. The van der Waals surface area contributed by atoms with Gasteiger partial charge in [-0.15, -0.1) is 0 Å².